The predicted octanol–water partition coefficient (Wildman–Crippen LogP) is 1.09. The second-order valence-corrected chi connectivity index (χ2v) is 8.05. The minimum Gasteiger partial charge on any atom is -0.376 e. The van der Waals surface area contributed by atoms with E-state index in [9.17, 15) is 8.42 Å². The molecule has 0 aliphatic heterocycles. The molecule has 18 heavy (non-hydrogen) atoms. The Morgan fingerprint density at radius 2 is 1.89 bits per heavy atom. The van der Waals surface area contributed by atoms with Gasteiger partial charge in [-0.25, -0.2) is 8.42 Å². The Kier molecular flexibility index (Phi) is 7.36. The van der Waals surface area contributed by atoms with Gasteiger partial charge in [0.2, 0.25) is 0 Å². The van der Waals surface area contributed by atoms with Crippen molar-refractivity contribution in [1.29, 1.82) is 0 Å². The van der Waals surface area contributed by atoms with Gasteiger partial charge >= 0.3 is 0 Å². The number of ether oxygens (including phenoxy) is 1. The Balaban J connectivity index is 4.52. The lowest BCUT2D eigenvalue weighted by atomic mass is 9.83. The van der Waals surface area contributed by atoms with Gasteiger partial charge in [-0.15, -0.1) is 0 Å². The summed E-state index contributed by atoms with van der Waals surface area (Å²) in [6.45, 7) is 8.84. The number of nitrogens with one attached hydrogen (secondary N) is 1. The average Bonchev–Trinajstić information content (AvgIpc) is 2.18. The molecule has 0 amide bonds. The van der Waals surface area contributed by atoms with Gasteiger partial charge in [-0.1, -0.05) is 20.8 Å². The zero-order chi connectivity index (χ0) is 14.4. The molecule has 0 saturated carbocycles. The van der Waals surface area contributed by atoms with Gasteiger partial charge < -0.3 is 4.74 Å². The maximum atomic E-state index is 11.1. The Morgan fingerprint density at radius 3 is 2.22 bits per heavy atom. The van der Waals surface area contributed by atoms with Crippen molar-refractivity contribution in [3.05, 3.63) is 0 Å². The quantitative estimate of drug-likeness (QED) is 0.514. The summed E-state index contributed by atoms with van der Waals surface area (Å²) in [6.07, 6.45) is 2.49. The smallest absolute Gasteiger partial charge is 0.147 e. The molecule has 2 atom stereocenters. The summed E-state index contributed by atoms with van der Waals surface area (Å²) in [6, 6.07) is -0.0355. The Labute approximate surface area is 111 Å². The number of hydrogen-bond acceptors (Lipinski definition) is 5. The summed E-state index contributed by atoms with van der Waals surface area (Å²) in [5.74, 6) is 5.76. The van der Waals surface area contributed by atoms with E-state index in [0.29, 0.717) is 19.4 Å². The largest absolute Gasteiger partial charge is 0.376 e. The van der Waals surface area contributed by atoms with E-state index in [-0.39, 0.29) is 23.3 Å². The van der Waals surface area contributed by atoms with Crippen LogP contribution in [-0.4, -0.2) is 39.2 Å². The molecule has 0 saturated heterocycles. The molecule has 110 valence electrons. The molecule has 0 aliphatic carbocycles. The highest BCUT2D eigenvalue weighted by atomic mass is 32.2. The van der Waals surface area contributed by atoms with Crippen LogP contribution in [0.4, 0.5) is 0 Å². The van der Waals surface area contributed by atoms with Crippen LogP contribution in [0.1, 0.15) is 40.5 Å². The zero-order valence-electron chi connectivity index (χ0n) is 12.2. The monoisotopic (exact) mass is 280 g/mol. The van der Waals surface area contributed by atoms with Crippen molar-refractivity contribution in [2.45, 2.75) is 52.7 Å². The SMILES string of the molecule is CCOC(C(CCCS(C)(=O)=O)NN)C(C)(C)C. The Morgan fingerprint density at radius 1 is 1.33 bits per heavy atom. The molecule has 0 aliphatic rings. The lowest BCUT2D eigenvalue weighted by Gasteiger charge is -2.36. The standard InChI is InChI=1S/C12H28N2O3S/c1-6-17-11(12(2,3)4)10(14-13)8-7-9-18(5,15)16/h10-11,14H,6-9,13H2,1-5H3. The van der Waals surface area contributed by atoms with E-state index in [2.05, 4.69) is 26.2 Å². The van der Waals surface area contributed by atoms with E-state index in [1.54, 1.807) is 0 Å². The molecule has 0 bridgehead atoms. The number of hydrogen-bond donors (Lipinski definition) is 2. The van der Waals surface area contributed by atoms with Crippen LogP contribution in [0.25, 0.3) is 0 Å². The second-order valence-electron chi connectivity index (χ2n) is 5.79. The van der Waals surface area contributed by atoms with Crippen LogP contribution >= 0.6 is 0 Å². The fraction of sp³-hybridized carbons (Fsp3) is 1.00. The van der Waals surface area contributed by atoms with Crippen LogP contribution in [0.3, 0.4) is 0 Å². The summed E-state index contributed by atoms with van der Waals surface area (Å²) in [4.78, 5) is 0. The van der Waals surface area contributed by atoms with Crippen molar-refractivity contribution >= 4 is 9.84 Å². The molecule has 0 heterocycles. The number of nitrogens with two attached hydrogens (primary N) is 1. The molecule has 0 rings (SSSR count). The van der Waals surface area contributed by atoms with E-state index in [1.165, 1.54) is 6.26 Å². The number of sulfone groups is 1. The molecule has 0 spiro atoms. The zero-order valence-corrected chi connectivity index (χ0v) is 13.0. The number of rotatable bonds is 8. The van der Waals surface area contributed by atoms with Crippen LogP contribution in [0, 0.1) is 5.41 Å². The summed E-state index contributed by atoms with van der Waals surface area (Å²) >= 11 is 0. The van der Waals surface area contributed by atoms with E-state index in [4.69, 9.17) is 10.6 Å². The Hall–Kier alpha value is -0.170. The van der Waals surface area contributed by atoms with Crippen molar-refractivity contribution in [3.63, 3.8) is 0 Å². The summed E-state index contributed by atoms with van der Waals surface area (Å²) < 4.78 is 28.0. The van der Waals surface area contributed by atoms with E-state index in [0.717, 1.165) is 0 Å². The third kappa shape index (κ3) is 7.31. The van der Waals surface area contributed by atoms with Gasteiger partial charge in [-0.2, -0.15) is 0 Å². The van der Waals surface area contributed by atoms with Crippen LogP contribution in [-0.2, 0) is 14.6 Å². The van der Waals surface area contributed by atoms with Crippen molar-refractivity contribution in [3.8, 4) is 0 Å². The fourth-order valence-electron chi connectivity index (χ4n) is 2.04. The van der Waals surface area contributed by atoms with Crippen LogP contribution in [0.15, 0.2) is 0 Å². The molecule has 2 unspecified atom stereocenters. The first-order valence-electron chi connectivity index (χ1n) is 6.37. The third-order valence-corrected chi connectivity index (χ3v) is 3.84. The molecule has 0 aromatic carbocycles. The highest BCUT2D eigenvalue weighted by Gasteiger charge is 2.32. The molecule has 6 heteroatoms. The second kappa shape index (κ2) is 7.43. The maximum absolute atomic E-state index is 11.1. The van der Waals surface area contributed by atoms with Gasteiger partial charge in [-0.05, 0) is 25.2 Å². The predicted molar refractivity (Wildman–Crippen MR) is 74.9 cm³/mol. The molecule has 5 nitrogen and oxygen atoms in total. The summed E-state index contributed by atoms with van der Waals surface area (Å²) in [7, 11) is -2.91. The minimum atomic E-state index is -2.91. The average molecular weight is 280 g/mol. The fourth-order valence-corrected chi connectivity index (χ4v) is 2.73. The molecule has 0 fully saturated rings. The molecule has 0 aromatic heterocycles. The normalized spacial score (nSPS) is 16.6. The first kappa shape index (κ1) is 17.8. The van der Waals surface area contributed by atoms with Gasteiger partial charge in [0.15, 0.2) is 0 Å². The molecule has 3 N–H and O–H groups in total. The van der Waals surface area contributed by atoms with Crippen LogP contribution in [0.2, 0.25) is 0 Å². The van der Waals surface area contributed by atoms with Gasteiger partial charge in [0, 0.05) is 24.7 Å². The van der Waals surface area contributed by atoms with Crippen LogP contribution in [0.5, 0.6) is 0 Å². The van der Waals surface area contributed by atoms with Gasteiger partial charge in [0.25, 0.3) is 0 Å². The van der Waals surface area contributed by atoms with Gasteiger partial charge in [-0.3, -0.25) is 11.3 Å². The van der Waals surface area contributed by atoms with Crippen molar-refractivity contribution in [2.75, 3.05) is 18.6 Å². The lowest BCUT2D eigenvalue weighted by Crippen LogP contribution is -2.51. The highest BCUT2D eigenvalue weighted by molar-refractivity contribution is 7.90. The molecule has 0 aromatic rings. The topological polar surface area (TPSA) is 81.4 Å². The molecule has 0 radical (unpaired) electrons. The third-order valence-electron chi connectivity index (χ3n) is 2.81. The maximum Gasteiger partial charge on any atom is 0.147 e. The Bertz CT molecular complexity index is 323. The van der Waals surface area contributed by atoms with E-state index in [1.807, 2.05) is 6.92 Å². The molecular weight excluding hydrogens is 252 g/mol. The van der Waals surface area contributed by atoms with Crippen LogP contribution < -0.4 is 11.3 Å². The van der Waals surface area contributed by atoms with E-state index < -0.39 is 9.84 Å². The summed E-state index contributed by atoms with van der Waals surface area (Å²) in [5.41, 5.74) is 2.72. The van der Waals surface area contributed by atoms with Gasteiger partial charge in [0.05, 0.1) is 6.10 Å². The summed E-state index contributed by atoms with van der Waals surface area (Å²) in [5, 5.41) is 0. The minimum absolute atomic E-state index is 0.0351. The van der Waals surface area contributed by atoms with Crippen molar-refractivity contribution in [1.82, 2.24) is 5.43 Å². The first-order valence-corrected chi connectivity index (χ1v) is 8.43. The first-order chi connectivity index (χ1) is 8.11. The van der Waals surface area contributed by atoms with E-state index >= 15 is 0 Å². The lowest BCUT2D eigenvalue weighted by molar-refractivity contribution is -0.0375. The van der Waals surface area contributed by atoms with Crippen molar-refractivity contribution < 1.29 is 13.2 Å². The molecular formula is C12H28N2O3S. The van der Waals surface area contributed by atoms with Crippen molar-refractivity contribution in [2.24, 2.45) is 11.3 Å². The van der Waals surface area contributed by atoms with Gasteiger partial charge in [0.1, 0.15) is 9.84 Å². The number of hydrazine groups is 1. The highest BCUT2D eigenvalue weighted by Crippen LogP contribution is 2.26.